The second kappa shape index (κ2) is 7.19. The van der Waals surface area contributed by atoms with E-state index >= 15 is 0 Å². The number of ether oxygens (including phenoxy) is 2. The second-order valence-electron chi connectivity index (χ2n) is 3.46. The predicted octanol–water partition coefficient (Wildman–Crippen LogP) is 0.476. The molecule has 1 heterocycles. The van der Waals surface area contributed by atoms with Crippen molar-refractivity contribution in [2.24, 2.45) is 0 Å². The zero-order valence-corrected chi connectivity index (χ0v) is 9.98. The number of hydrogen-bond acceptors (Lipinski definition) is 5. The molecule has 0 spiro atoms. The summed E-state index contributed by atoms with van der Waals surface area (Å²) in [6, 6.07) is 0. The Morgan fingerprint density at radius 3 is 2.81 bits per heavy atom. The molecule has 2 N–H and O–H groups in total. The first-order valence-corrected chi connectivity index (χ1v) is 5.54. The number of nitrogens with zero attached hydrogens (tertiary/aromatic N) is 3. The zero-order chi connectivity index (χ0) is 11.8. The van der Waals surface area contributed by atoms with Crippen molar-refractivity contribution in [1.29, 1.82) is 0 Å². The number of nitrogens with two attached hydrogens (primary N) is 1. The smallest absolute Gasteiger partial charge is 0.169 e. The highest BCUT2D eigenvalue weighted by Gasteiger charge is 2.06. The topological polar surface area (TPSA) is 75.2 Å². The van der Waals surface area contributed by atoms with E-state index in [2.05, 4.69) is 10.3 Å². The second-order valence-corrected chi connectivity index (χ2v) is 3.46. The Bertz CT molecular complexity index is 301. The summed E-state index contributed by atoms with van der Waals surface area (Å²) in [6.07, 6.45) is 1.75. The fraction of sp³-hybridized carbons (Fsp3) is 0.800. The van der Waals surface area contributed by atoms with E-state index < -0.39 is 0 Å². The molecule has 1 aromatic rings. The molecule has 0 aromatic carbocycles. The fourth-order valence-electron chi connectivity index (χ4n) is 1.45. The Kier molecular flexibility index (Phi) is 5.81. The van der Waals surface area contributed by atoms with Crippen LogP contribution >= 0.6 is 0 Å². The summed E-state index contributed by atoms with van der Waals surface area (Å²) in [6.45, 7) is 4.79. The van der Waals surface area contributed by atoms with Crippen molar-refractivity contribution in [1.82, 2.24) is 15.0 Å². The monoisotopic (exact) mass is 228 g/mol. The molecule has 16 heavy (non-hydrogen) atoms. The molecule has 0 aliphatic heterocycles. The Balaban J connectivity index is 2.21. The minimum atomic E-state index is 0.516. The molecule has 0 atom stereocenters. The third-order valence-electron chi connectivity index (χ3n) is 2.29. The van der Waals surface area contributed by atoms with Crippen molar-refractivity contribution in [3.63, 3.8) is 0 Å². The lowest BCUT2D eigenvalue weighted by Gasteiger charge is -2.06. The highest BCUT2D eigenvalue weighted by Crippen LogP contribution is 2.07. The van der Waals surface area contributed by atoms with Crippen molar-refractivity contribution in [2.75, 3.05) is 32.7 Å². The van der Waals surface area contributed by atoms with Crippen LogP contribution in [0.5, 0.6) is 0 Å². The lowest BCUT2D eigenvalue weighted by atomic mass is 10.3. The van der Waals surface area contributed by atoms with Crippen molar-refractivity contribution in [2.45, 2.75) is 26.3 Å². The molecular formula is C10H20N4O2. The molecule has 0 fully saturated rings. The van der Waals surface area contributed by atoms with Gasteiger partial charge < -0.3 is 15.2 Å². The molecule has 0 aliphatic rings. The zero-order valence-electron chi connectivity index (χ0n) is 9.98. The van der Waals surface area contributed by atoms with Crippen LogP contribution in [0.25, 0.3) is 0 Å². The molecule has 92 valence electrons. The number of hydrogen-bond donors (Lipinski definition) is 1. The van der Waals surface area contributed by atoms with Gasteiger partial charge in [0.1, 0.15) is 0 Å². The van der Waals surface area contributed by atoms with E-state index in [4.69, 9.17) is 15.2 Å². The van der Waals surface area contributed by atoms with Gasteiger partial charge in [-0.3, -0.25) is 0 Å². The van der Waals surface area contributed by atoms with Crippen LogP contribution in [0.3, 0.4) is 0 Å². The molecule has 0 aliphatic carbocycles. The van der Waals surface area contributed by atoms with Gasteiger partial charge >= 0.3 is 0 Å². The summed E-state index contributed by atoms with van der Waals surface area (Å²) in [5.74, 6) is 0.516. The number of nitrogen functional groups attached to an aromatic ring is 1. The van der Waals surface area contributed by atoms with Crippen LogP contribution in [0.1, 0.15) is 19.0 Å². The van der Waals surface area contributed by atoms with Crippen LogP contribution in [0, 0.1) is 0 Å². The summed E-state index contributed by atoms with van der Waals surface area (Å²) in [4.78, 5) is 0. The maximum atomic E-state index is 5.67. The summed E-state index contributed by atoms with van der Waals surface area (Å²) >= 11 is 0. The minimum absolute atomic E-state index is 0.516. The molecule has 0 bridgehead atoms. The Morgan fingerprint density at radius 1 is 1.31 bits per heavy atom. The molecule has 6 nitrogen and oxygen atoms in total. The van der Waals surface area contributed by atoms with Gasteiger partial charge in [-0.25, -0.2) is 4.68 Å². The predicted molar refractivity (Wildman–Crippen MR) is 61.1 cm³/mol. The molecule has 6 heteroatoms. The maximum absolute atomic E-state index is 5.67. The van der Waals surface area contributed by atoms with E-state index in [-0.39, 0.29) is 0 Å². The van der Waals surface area contributed by atoms with Gasteiger partial charge in [-0.1, -0.05) is 12.1 Å². The molecular weight excluding hydrogens is 208 g/mol. The third-order valence-corrected chi connectivity index (χ3v) is 2.29. The molecule has 0 saturated carbocycles. The molecule has 1 rings (SSSR count). The van der Waals surface area contributed by atoms with Gasteiger partial charge in [0.15, 0.2) is 5.82 Å². The first-order chi connectivity index (χ1) is 7.79. The Morgan fingerprint density at radius 2 is 2.12 bits per heavy atom. The van der Waals surface area contributed by atoms with Crippen LogP contribution < -0.4 is 5.73 Å². The Labute approximate surface area is 95.7 Å². The van der Waals surface area contributed by atoms with Crippen LogP contribution in [-0.2, 0) is 22.4 Å². The summed E-state index contributed by atoms with van der Waals surface area (Å²) in [5.41, 5.74) is 6.64. The minimum Gasteiger partial charge on any atom is -0.385 e. The van der Waals surface area contributed by atoms with E-state index in [0.29, 0.717) is 25.6 Å². The largest absolute Gasteiger partial charge is 0.385 e. The van der Waals surface area contributed by atoms with Gasteiger partial charge in [0, 0.05) is 20.3 Å². The lowest BCUT2D eigenvalue weighted by molar-refractivity contribution is 0.0954. The van der Waals surface area contributed by atoms with E-state index in [1.165, 1.54) is 0 Å². The number of rotatable bonds is 8. The van der Waals surface area contributed by atoms with Crippen LogP contribution in [0.2, 0.25) is 0 Å². The number of anilines is 1. The van der Waals surface area contributed by atoms with E-state index in [9.17, 15) is 0 Å². The highest BCUT2D eigenvalue weighted by molar-refractivity contribution is 5.32. The molecule has 0 saturated heterocycles. The summed E-state index contributed by atoms with van der Waals surface area (Å²) < 4.78 is 12.2. The molecule has 0 unspecified atom stereocenters. The van der Waals surface area contributed by atoms with Crippen molar-refractivity contribution < 1.29 is 9.47 Å². The van der Waals surface area contributed by atoms with Crippen LogP contribution in [-0.4, -0.2) is 41.9 Å². The molecule has 1 aromatic heterocycles. The standard InChI is InChI=1S/C10H20N4O2/c1-3-9-10(11)12-13-14(9)5-8-16-7-4-6-15-2/h3-8,11H2,1-2H3. The maximum Gasteiger partial charge on any atom is 0.169 e. The average Bonchev–Trinajstić information content (AvgIpc) is 2.64. The van der Waals surface area contributed by atoms with Crippen LogP contribution in [0.4, 0.5) is 5.82 Å². The number of aromatic nitrogens is 3. The summed E-state index contributed by atoms with van der Waals surface area (Å²) in [7, 11) is 1.69. The van der Waals surface area contributed by atoms with Crippen LogP contribution in [0.15, 0.2) is 0 Å². The van der Waals surface area contributed by atoms with E-state index in [1.807, 2.05) is 6.92 Å². The van der Waals surface area contributed by atoms with Gasteiger partial charge in [-0.2, -0.15) is 0 Å². The van der Waals surface area contributed by atoms with Gasteiger partial charge in [0.25, 0.3) is 0 Å². The highest BCUT2D eigenvalue weighted by atomic mass is 16.5. The third kappa shape index (κ3) is 3.79. The van der Waals surface area contributed by atoms with Gasteiger partial charge in [-0.15, -0.1) is 5.10 Å². The van der Waals surface area contributed by atoms with Crippen molar-refractivity contribution in [3.05, 3.63) is 5.69 Å². The quantitative estimate of drug-likeness (QED) is 0.655. The van der Waals surface area contributed by atoms with Gasteiger partial charge in [0.05, 0.1) is 18.8 Å². The summed E-state index contributed by atoms with van der Waals surface area (Å²) in [5, 5.41) is 7.79. The molecule has 0 amide bonds. The Hall–Kier alpha value is -1.14. The van der Waals surface area contributed by atoms with Gasteiger partial charge in [-0.05, 0) is 12.8 Å². The SMILES string of the molecule is CCc1c(N)nnn1CCOCCCOC. The van der Waals surface area contributed by atoms with E-state index in [0.717, 1.165) is 25.1 Å². The average molecular weight is 228 g/mol. The first-order valence-electron chi connectivity index (χ1n) is 5.54. The fourth-order valence-corrected chi connectivity index (χ4v) is 1.45. The lowest BCUT2D eigenvalue weighted by Crippen LogP contribution is -2.11. The van der Waals surface area contributed by atoms with Crippen molar-refractivity contribution >= 4 is 5.82 Å². The molecule has 0 radical (unpaired) electrons. The first kappa shape index (κ1) is 12.9. The van der Waals surface area contributed by atoms with Crippen molar-refractivity contribution in [3.8, 4) is 0 Å². The van der Waals surface area contributed by atoms with Gasteiger partial charge in [0.2, 0.25) is 0 Å². The normalized spacial score (nSPS) is 10.9. The van der Waals surface area contributed by atoms with E-state index in [1.54, 1.807) is 11.8 Å². The number of methoxy groups -OCH3 is 1.